The summed E-state index contributed by atoms with van der Waals surface area (Å²) in [7, 11) is -1.40. The minimum absolute atomic E-state index is 0.102. The van der Waals surface area contributed by atoms with E-state index in [1.807, 2.05) is 38.1 Å². The molecule has 0 aliphatic heterocycles. The number of anilines is 2. The summed E-state index contributed by atoms with van der Waals surface area (Å²) in [5.41, 5.74) is 5.02. The Morgan fingerprint density at radius 1 is 0.809 bits per heavy atom. The number of aryl methyl sites for hydroxylation is 1. The molecule has 2 N–H and O–H groups in total. The van der Waals surface area contributed by atoms with Gasteiger partial charge in [0.1, 0.15) is 18.0 Å². The van der Waals surface area contributed by atoms with Gasteiger partial charge >= 0.3 is 0 Å². The van der Waals surface area contributed by atoms with Crippen LogP contribution in [0.1, 0.15) is 18.1 Å². The van der Waals surface area contributed by atoms with Crippen molar-refractivity contribution in [1.29, 1.82) is 0 Å². The van der Waals surface area contributed by atoms with Gasteiger partial charge in [-0.15, -0.1) is 0 Å². The van der Waals surface area contributed by atoms with E-state index in [4.69, 9.17) is 18.9 Å². The number of ether oxygens (including phenoxy) is 4. The average molecular weight is 661 g/mol. The highest BCUT2D eigenvalue weighted by atomic mass is 32.2. The van der Waals surface area contributed by atoms with Crippen LogP contribution in [0.2, 0.25) is 0 Å². The van der Waals surface area contributed by atoms with E-state index in [2.05, 4.69) is 15.8 Å². The van der Waals surface area contributed by atoms with Crippen molar-refractivity contribution in [2.45, 2.75) is 18.7 Å². The Hall–Kier alpha value is -5.56. The molecule has 0 heterocycles. The highest BCUT2D eigenvalue weighted by Gasteiger charge is 2.28. The molecule has 0 atom stereocenters. The van der Waals surface area contributed by atoms with Crippen LogP contribution in [-0.4, -0.2) is 60.4 Å². The molecule has 4 rings (SSSR count). The Morgan fingerprint density at radius 2 is 1.45 bits per heavy atom. The van der Waals surface area contributed by atoms with Crippen LogP contribution in [0, 0.1) is 6.92 Å². The molecule has 0 spiro atoms. The van der Waals surface area contributed by atoms with Gasteiger partial charge in [-0.3, -0.25) is 13.9 Å². The summed E-state index contributed by atoms with van der Waals surface area (Å²) in [5.74, 6) is 0.617. The van der Waals surface area contributed by atoms with Crippen LogP contribution in [0.5, 0.6) is 23.0 Å². The van der Waals surface area contributed by atoms with Crippen LogP contribution < -0.4 is 34.0 Å². The lowest BCUT2D eigenvalue weighted by Crippen LogP contribution is -2.39. The lowest BCUT2D eigenvalue weighted by molar-refractivity contribution is -0.119. The normalized spacial score (nSPS) is 11.1. The second-order valence-corrected chi connectivity index (χ2v) is 11.9. The topological polar surface area (TPSA) is 145 Å². The maximum absolute atomic E-state index is 13.8. The summed E-state index contributed by atoms with van der Waals surface area (Å²) < 4.78 is 50.1. The zero-order chi connectivity index (χ0) is 33.8. The molecule has 0 aliphatic rings. The Morgan fingerprint density at radius 3 is 2.09 bits per heavy atom. The zero-order valence-electron chi connectivity index (χ0n) is 26.4. The number of amides is 2. The second-order valence-electron chi connectivity index (χ2n) is 10.0. The number of carbonyl (C=O) groups excluding carboxylic acids is 2. The average Bonchev–Trinajstić information content (AvgIpc) is 3.08. The number of hydrazone groups is 1. The lowest BCUT2D eigenvalue weighted by Gasteiger charge is -2.24. The van der Waals surface area contributed by atoms with E-state index in [0.29, 0.717) is 35.1 Å². The van der Waals surface area contributed by atoms with Gasteiger partial charge in [-0.25, -0.2) is 13.8 Å². The predicted molar refractivity (Wildman–Crippen MR) is 179 cm³/mol. The molecule has 4 aromatic carbocycles. The Balaban J connectivity index is 1.40. The number of nitrogens with one attached hydrogen (secondary N) is 2. The first-order valence-electron chi connectivity index (χ1n) is 14.5. The summed E-state index contributed by atoms with van der Waals surface area (Å²) in [5, 5.41) is 6.75. The van der Waals surface area contributed by atoms with Gasteiger partial charge in [0, 0.05) is 11.8 Å². The van der Waals surface area contributed by atoms with E-state index in [0.717, 1.165) is 9.87 Å². The van der Waals surface area contributed by atoms with E-state index in [-0.39, 0.29) is 28.8 Å². The predicted octanol–water partition coefficient (Wildman–Crippen LogP) is 4.77. The monoisotopic (exact) mass is 660 g/mol. The molecule has 47 heavy (non-hydrogen) atoms. The van der Waals surface area contributed by atoms with Gasteiger partial charge < -0.3 is 24.3 Å². The summed E-state index contributed by atoms with van der Waals surface area (Å²) in [4.78, 5) is 25.1. The molecular weight excluding hydrogens is 624 g/mol. The Labute approximate surface area is 274 Å². The largest absolute Gasteiger partial charge is 0.494 e. The summed E-state index contributed by atoms with van der Waals surface area (Å²) >= 11 is 0. The van der Waals surface area contributed by atoms with E-state index in [1.165, 1.54) is 38.6 Å². The molecule has 12 nitrogen and oxygen atoms in total. The maximum Gasteiger partial charge on any atom is 0.264 e. The minimum Gasteiger partial charge on any atom is -0.494 e. The number of rotatable bonds is 15. The maximum atomic E-state index is 13.8. The number of hydrogen-bond acceptors (Lipinski definition) is 9. The number of hydrogen-bond donors (Lipinski definition) is 2. The molecule has 0 radical (unpaired) electrons. The van der Waals surface area contributed by atoms with E-state index < -0.39 is 22.5 Å². The molecule has 2 amide bonds. The number of benzene rings is 4. The highest BCUT2D eigenvalue weighted by Crippen LogP contribution is 2.32. The first-order valence-corrected chi connectivity index (χ1v) is 16.0. The smallest absolute Gasteiger partial charge is 0.264 e. The molecular formula is C34H36N4O8S. The molecule has 4 aromatic rings. The van der Waals surface area contributed by atoms with Gasteiger partial charge in [-0.05, 0) is 92.2 Å². The number of nitrogens with zero attached hydrogens (tertiary/aromatic N) is 2. The van der Waals surface area contributed by atoms with Crippen molar-refractivity contribution in [2.24, 2.45) is 5.10 Å². The van der Waals surface area contributed by atoms with Gasteiger partial charge in [0.05, 0.1) is 37.6 Å². The fourth-order valence-electron chi connectivity index (χ4n) is 4.27. The molecule has 0 fully saturated rings. The van der Waals surface area contributed by atoms with Crippen molar-refractivity contribution >= 4 is 39.4 Å². The first kappa shape index (κ1) is 34.3. The van der Waals surface area contributed by atoms with Crippen molar-refractivity contribution < 1.29 is 37.0 Å². The SMILES string of the molecule is CCOc1ccc(N(CC(=O)N/N=C\c2ccc(OCC(=O)Nc3ccc(C)cc3)cc2)S(=O)(=O)c2ccc(OC)c(OC)c2)cc1. The third-order valence-corrected chi connectivity index (χ3v) is 8.42. The molecule has 0 bridgehead atoms. The molecule has 246 valence electrons. The van der Waals surface area contributed by atoms with Crippen LogP contribution in [-0.2, 0) is 19.6 Å². The summed E-state index contributed by atoms with van der Waals surface area (Å²) in [6, 6.07) is 24.7. The Kier molecular flexibility index (Phi) is 11.8. The fraction of sp³-hybridized carbons (Fsp3) is 0.206. The summed E-state index contributed by atoms with van der Waals surface area (Å²) in [6.07, 6.45) is 1.40. The van der Waals surface area contributed by atoms with Crippen LogP contribution in [0.15, 0.2) is 101 Å². The van der Waals surface area contributed by atoms with Crippen LogP contribution in [0.3, 0.4) is 0 Å². The van der Waals surface area contributed by atoms with Crippen molar-refractivity contribution in [3.8, 4) is 23.0 Å². The van der Waals surface area contributed by atoms with Crippen LogP contribution in [0.25, 0.3) is 0 Å². The molecule has 0 aliphatic carbocycles. The van der Waals surface area contributed by atoms with Crippen LogP contribution in [0.4, 0.5) is 11.4 Å². The number of carbonyl (C=O) groups is 2. The third kappa shape index (κ3) is 9.47. The Bertz CT molecular complexity index is 1790. The van der Waals surface area contributed by atoms with E-state index in [9.17, 15) is 18.0 Å². The minimum atomic E-state index is -4.24. The van der Waals surface area contributed by atoms with Crippen molar-refractivity contribution in [3.05, 3.63) is 102 Å². The van der Waals surface area contributed by atoms with Gasteiger partial charge in [0.25, 0.3) is 21.8 Å². The molecule has 0 saturated carbocycles. The summed E-state index contributed by atoms with van der Waals surface area (Å²) in [6.45, 7) is 3.50. The van der Waals surface area contributed by atoms with Crippen molar-refractivity contribution in [2.75, 3.05) is 43.6 Å². The van der Waals surface area contributed by atoms with Gasteiger partial charge in [-0.2, -0.15) is 5.10 Å². The molecule has 0 saturated heterocycles. The quantitative estimate of drug-likeness (QED) is 0.137. The van der Waals surface area contributed by atoms with Gasteiger partial charge in [0.15, 0.2) is 18.1 Å². The molecule has 13 heteroatoms. The molecule has 0 aromatic heterocycles. The van der Waals surface area contributed by atoms with Crippen molar-refractivity contribution in [1.82, 2.24) is 5.43 Å². The highest BCUT2D eigenvalue weighted by molar-refractivity contribution is 7.92. The lowest BCUT2D eigenvalue weighted by atomic mass is 10.2. The van der Waals surface area contributed by atoms with Gasteiger partial charge in [0.2, 0.25) is 0 Å². The van der Waals surface area contributed by atoms with Gasteiger partial charge in [-0.1, -0.05) is 17.7 Å². The fourth-order valence-corrected chi connectivity index (χ4v) is 5.71. The third-order valence-electron chi connectivity index (χ3n) is 6.65. The first-order chi connectivity index (χ1) is 22.6. The number of methoxy groups -OCH3 is 2. The standard InChI is InChI=1S/C34H36N4O8S/c1-5-45-28-16-12-27(13-17-28)38(47(41,42)30-18-19-31(43-3)32(20-30)44-4)22-33(39)37-35-21-25-8-14-29(15-9-25)46-23-34(40)36-26-10-6-24(2)7-11-26/h6-21H,5,22-23H2,1-4H3,(H,36,40)(H,37,39)/b35-21-. The number of sulfonamides is 1. The van der Waals surface area contributed by atoms with E-state index in [1.54, 1.807) is 48.5 Å². The van der Waals surface area contributed by atoms with Crippen molar-refractivity contribution in [3.63, 3.8) is 0 Å². The second kappa shape index (κ2) is 16.1. The van der Waals surface area contributed by atoms with Crippen LogP contribution >= 0.6 is 0 Å². The van der Waals surface area contributed by atoms with E-state index >= 15 is 0 Å². The molecule has 0 unspecified atom stereocenters. The zero-order valence-corrected chi connectivity index (χ0v) is 27.2.